The van der Waals surface area contributed by atoms with Crippen molar-refractivity contribution in [2.24, 2.45) is 5.92 Å². The molecular formula is C21H21N5O2. The molecule has 28 heavy (non-hydrogen) atoms. The topological polar surface area (TPSA) is 73.0 Å². The molecule has 2 aliphatic rings. The number of piperidine rings is 1. The molecule has 0 N–H and O–H groups in total. The summed E-state index contributed by atoms with van der Waals surface area (Å²) in [6, 6.07) is 11.8. The fourth-order valence-corrected chi connectivity index (χ4v) is 4.56. The number of nitrogens with zero attached hydrogens (tertiary/aromatic N) is 5. The van der Waals surface area contributed by atoms with Crippen LogP contribution in [0.15, 0.2) is 53.8 Å². The SMILES string of the molecule is CC(=O)N1C[C@@H]2C[C@H](C1)c1cc(-c3cccc(-n4cnnc4)c3)cc(=O)n1C2. The summed E-state index contributed by atoms with van der Waals surface area (Å²) in [6.07, 6.45) is 4.34. The van der Waals surface area contributed by atoms with Gasteiger partial charge in [0.1, 0.15) is 12.7 Å². The van der Waals surface area contributed by atoms with Gasteiger partial charge in [0.15, 0.2) is 0 Å². The first kappa shape index (κ1) is 16.9. The highest BCUT2D eigenvalue weighted by Gasteiger charge is 2.35. The van der Waals surface area contributed by atoms with E-state index < -0.39 is 0 Å². The maximum Gasteiger partial charge on any atom is 0.251 e. The molecule has 2 bridgehead atoms. The Balaban J connectivity index is 1.56. The predicted octanol–water partition coefficient (Wildman–Crippen LogP) is 2.06. The normalized spacial score (nSPS) is 20.7. The molecule has 5 rings (SSSR count). The molecule has 1 saturated heterocycles. The average Bonchev–Trinajstić information content (AvgIpc) is 3.23. The third-order valence-electron chi connectivity index (χ3n) is 5.90. The van der Waals surface area contributed by atoms with E-state index in [0.717, 1.165) is 35.5 Å². The van der Waals surface area contributed by atoms with E-state index >= 15 is 0 Å². The molecule has 1 amide bonds. The molecule has 2 aliphatic heterocycles. The molecule has 1 fully saturated rings. The largest absolute Gasteiger partial charge is 0.342 e. The van der Waals surface area contributed by atoms with E-state index in [-0.39, 0.29) is 17.4 Å². The standard InChI is InChI=1S/C21H21N5O2/c1-14(27)24-9-15-5-18(11-24)20-7-17(8-21(28)26(20)10-15)16-3-2-4-19(6-16)25-12-22-23-13-25/h2-4,6-8,12-13,15,18H,5,9-11H2,1H3/t15-,18+/m0/s1. The molecule has 0 aliphatic carbocycles. The maximum absolute atomic E-state index is 12.9. The summed E-state index contributed by atoms with van der Waals surface area (Å²) in [7, 11) is 0. The third-order valence-corrected chi connectivity index (χ3v) is 5.90. The van der Waals surface area contributed by atoms with Crippen LogP contribution in [0.2, 0.25) is 0 Å². The van der Waals surface area contributed by atoms with Crippen molar-refractivity contribution in [3.05, 3.63) is 65.1 Å². The highest BCUT2D eigenvalue weighted by molar-refractivity contribution is 5.73. The first-order chi connectivity index (χ1) is 13.6. The van der Waals surface area contributed by atoms with Gasteiger partial charge in [0.05, 0.1) is 0 Å². The molecular weight excluding hydrogens is 354 g/mol. The molecule has 0 unspecified atom stereocenters. The fourth-order valence-electron chi connectivity index (χ4n) is 4.56. The fraction of sp³-hybridized carbons (Fsp3) is 0.333. The van der Waals surface area contributed by atoms with Crippen LogP contribution in [0.5, 0.6) is 0 Å². The summed E-state index contributed by atoms with van der Waals surface area (Å²) in [5.41, 5.74) is 3.91. The number of carbonyl (C=O) groups is 1. The summed E-state index contributed by atoms with van der Waals surface area (Å²) in [5, 5.41) is 7.71. The van der Waals surface area contributed by atoms with E-state index in [0.29, 0.717) is 19.0 Å². The van der Waals surface area contributed by atoms with Crippen molar-refractivity contribution in [1.82, 2.24) is 24.2 Å². The van der Waals surface area contributed by atoms with Crippen molar-refractivity contribution >= 4 is 5.91 Å². The number of hydrogen-bond acceptors (Lipinski definition) is 4. The van der Waals surface area contributed by atoms with E-state index in [2.05, 4.69) is 16.3 Å². The molecule has 7 heteroatoms. The Morgan fingerprint density at radius 3 is 2.64 bits per heavy atom. The Labute approximate surface area is 162 Å². The Hall–Kier alpha value is -3.22. The lowest BCUT2D eigenvalue weighted by molar-refractivity contribution is -0.131. The van der Waals surface area contributed by atoms with Crippen LogP contribution in [0.1, 0.15) is 25.0 Å². The second-order valence-corrected chi connectivity index (χ2v) is 7.76. The van der Waals surface area contributed by atoms with E-state index in [9.17, 15) is 9.59 Å². The minimum atomic E-state index is 0.0353. The van der Waals surface area contributed by atoms with Gasteiger partial charge in [-0.05, 0) is 41.7 Å². The number of benzene rings is 1. The number of fused-ring (bicyclic) bond motifs is 4. The van der Waals surface area contributed by atoms with Gasteiger partial charge >= 0.3 is 0 Å². The zero-order valence-corrected chi connectivity index (χ0v) is 15.7. The number of hydrogen-bond donors (Lipinski definition) is 0. The van der Waals surface area contributed by atoms with E-state index in [4.69, 9.17) is 0 Å². The molecule has 2 atom stereocenters. The van der Waals surface area contributed by atoms with Crippen molar-refractivity contribution in [2.75, 3.05) is 13.1 Å². The number of pyridine rings is 1. The Kier molecular flexibility index (Phi) is 3.89. The zero-order valence-electron chi connectivity index (χ0n) is 15.7. The van der Waals surface area contributed by atoms with E-state index in [1.165, 1.54) is 0 Å². The van der Waals surface area contributed by atoms with Gasteiger partial charge in [0.2, 0.25) is 5.91 Å². The number of aromatic nitrogens is 4. The van der Waals surface area contributed by atoms with Crippen LogP contribution < -0.4 is 5.56 Å². The molecule has 3 aromatic rings. The minimum Gasteiger partial charge on any atom is -0.342 e. The van der Waals surface area contributed by atoms with Crippen LogP contribution in [0.3, 0.4) is 0 Å². The van der Waals surface area contributed by atoms with E-state index in [1.54, 1.807) is 25.6 Å². The first-order valence-electron chi connectivity index (χ1n) is 9.54. The minimum absolute atomic E-state index is 0.0353. The van der Waals surface area contributed by atoms with Gasteiger partial charge in [-0.2, -0.15) is 0 Å². The molecule has 142 valence electrons. The van der Waals surface area contributed by atoms with Gasteiger partial charge in [-0.1, -0.05) is 12.1 Å². The summed E-state index contributed by atoms with van der Waals surface area (Å²) in [4.78, 5) is 26.7. The second kappa shape index (κ2) is 6.44. The van der Waals surface area contributed by atoms with Gasteiger partial charge < -0.3 is 9.47 Å². The smallest absolute Gasteiger partial charge is 0.251 e. The monoisotopic (exact) mass is 375 g/mol. The molecule has 1 aromatic carbocycles. The quantitative estimate of drug-likeness (QED) is 0.687. The van der Waals surface area contributed by atoms with Crippen LogP contribution in [0.4, 0.5) is 0 Å². The van der Waals surface area contributed by atoms with Gasteiger partial charge in [0, 0.05) is 49.9 Å². The first-order valence-corrected chi connectivity index (χ1v) is 9.54. The average molecular weight is 375 g/mol. The summed E-state index contributed by atoms with van der Waals surface area (Å²) in [5.74, 6) is 0.684. The lowest BCUT2D eigenvalue weighted by Gasteiger charge is -2.42. The number of likely N-dealkylation sites (tertiary alicyclic amines) is 1. The van der Waals surface area contributed by atoms with Crippen molar-refractivity contribution in [3.8, 4) is 16.8 Å². The van der Waals surface area contributed by atoms with Gasteiger partial charge in [-0.15, -0.1) is 10.2 Å². The van der Waals surface area contributed by atoms with Crippen molar-refractivity contribution in [1.29, 1.82) is 0 Å². The van der Waals surface area contributed by atoms with Crippen molar-refractivity contribution < 1.29 is 4.79 Å². The highest BCUT2D eigenvalue weighted by atomic mass is 16.2. The second-order valence-electron chi connectivity index (χ2n) is 7.76. The highest BCUT2D eigenvalue weighted by Crippen LogP contribution is 2.36. The van der Waals surface area contributed by atoms with Gasteiger partial charge in [-0.25, -0.2) is 0 Å². The molecule has 2 aromatic heterocycles. The van der Waals surface area contributed by atoms with Gasteiger partial charge in [0.25, 0.3) is 5.56 Å². The lowest BCUT2D eigenvalue weighted by Crippen LogP contribution is -2.48. The molecule has 7 nitrogen and oxygen atoms in total. The Morgan fingerprint density at radius 2 is 1.86 bits per heavy atom. The van der Waals surface area contributed by atoms with Crippen LogP contribution in [-0.2, 0) is 11.3 Å². The van der Waals surface area contributed by atoms with Crippen molar-refractivity contribution in [2.45, 2.75) is 25.8 Å². The summed E-state index contributed by atoms with van der Waals surface area (Å²) in [6.45, 7) is 3.76. The van der Waals surface area contributed by atoms with Crippen LogP contribution in [0, 0.1) is 5.92 Å². The summed E-state index contributed by atoms with van der Waals surface area (Å²) < 4.78 is 3.74. The zero-order chi connectivity index (χ0) is 19.3. The number of rotatable bonds is 2. The number of carbonyl (C=O) groups excluding carboxylic acids is 1. The van der Waals surface area contributed by atoms with Crippen LogP contribution >= 0.6 is 0 Å². The van der Waals surface area contributed by atoms with Crippen LogP contribution in [-0.4, -0.2) is 43.2 Å². The predicted molar refractivity (Wildman–Crippen MR) is 104 cm³/mol. The Morgan fingerprint density at radius 1 is 1.04 bits per heavy atom. The van der Waals surface area contributed by atoms with E-state index in [1.807, 2.05) is 38.3 Å². The Bertz CT molecular complexity index is 1100. The molecule has 0 radical (unpaired) electrons. The maximum atomic E-state index is 12.9. The third kappa shape index (κ3) is 2.83. The number of amides is 1. The van der Waals surface area contributed by atoms with Crippen LogP contribution in [0.25, 0.3) is 16.8 Å². The summed E-state index contributed by atoms with van der Waals surface area (Å²) >= 11 is 0. The molecule has 0 saturated carbocycles. The van der Waals surface area contributed by atoms with Crippen molar-refractivity contribution in [3.63, 3.8) is 0 Å². The van der Waals surface area contributed by atoms with Gasteiger partial charge in [-0.3, -0.25) is 14.2 Å². The molecule has 0 spiro atoms. The molecule has 4 heterocycles. The lowest BCUT2D eigenvalue weighted by atomic mass is 9.82.